The van der Waals surface area contributed by atoms with Crippen molar-refractivity contribution >= 4 is 27.7 Å². The molecule has 0 radical (unpaired) electrons. The average Bonchev–Trinajstić information content (AvgIpc) is 2.25. The van der Waals surface area contributed by atoms with Crippen LogP contribution in [0.4, 0.5) is 4.39 Å². The molecule has 0 saturated heterocycles. The summed E-state index contributed by atoms with van der Waals surface area (Å²) in [6.07, 6.45) is 0. The molecular weight excluding hydrogens is 291 g/mol. The van der Waals surface area contributed by atoms with Gasteiger partial charge in [-0.1, -0.05) is 6.07 Å². The van der Waals surface area contributed by atoms with Gasteiger partial charge in [-0.15, -0.1) is 0 Å². The molecule has 0 aromatic heterocycles. The normalized spacial score (nSPS) is 9.88. The lowest BCUT2D eigenvalue weighted by Gasteiger charge is -2.11. The van der Waals surface area contributed by atoms with Gasteiger partial charge in [0.2, 0.25) is 5.91 Å². The van der Waals surface area contributed by atoms with Crippen molar-refractivity contribution < 1.29 is 14.0 Å². The standard InChI is InChI=1S/C11H12BrFN2O2/c1-15(2)9(16)6-14-11(17)10-7(12)4-3-5-8(10)13/h3-5H,6H2,1-2H3,(H,14,17). The largest absolute Gasteiger partial charge is 0.347 e. The van der Waals surface area contributed by atoms with Gasteiger partial charge in [-0.05, 0) is 28.1 Å². The zero-order valence-electron chi connectivity index (χ0n) is 9.46. The van der Waals surface area contributed by atoms with Gasteiger partial charge in [-0.2, -0.15) is 0 Å². The topological polar surface area (TPSA) is 49.4 Å². The van der Waals surface area contributed by atoms with Crippen LogP contribution in [-0.2, 0) is 4.79 Å². The number of nitrogens with zero attached hydrogens (tertiary/aromatic N) is 1. The number of rotatable bonds is 3. The van der Waals surface area contributed by atoms with E-state index in [1.165, 1.54) is 17.0 Å². The van der Waals surface area contributed by atoms with Crippen LogP contribution in [0.25, 0.3) is 0 Å². The summed E-state index contributed by atoms with van der Waals surface area (Å²) in [5.74, 6) is -1.51. The van der Waals surface area contributed by atoms with Crippen molar-refractivity contribution in [1.82, 2.24) is 10.2 Å². The Balaban J connectivity index is 2.74. The number of amides is 2. The number of carbonyl (C=O) groups excluding carboxylic acids is 2. The van der Waals surface area contributed by atoms with Crippen LogP contribution in [0.2, 0.25) is 0 Å². The molecule has 0 heterocycles. The highest BCUT2D eigenvalue weighted by atomic mass is 79.9. The highest BCUT2D eigenvalue weighted by Gasteiger charge is 2.16. The molecule has 0 fully saturated rings. The SMILES string of the molecule is CN(C)C(=O)CNC(=O)c1c(F)cccc1Br. The van der Waals surface area contributed by atoms with Crippen LogP contribution in [0.3, 0.4) is 0 Å². The van der Waals surface area contributed by atoms with E-state index in [2.05, 4.69) is 21.2 Å². The van der Waals surface area contributed by atoms with Crippen molar-refractivity contribution in [3.63, 3.8) is 0 Å². The van der Waals surface area contributed by atoms with Crippen molar-refractivity contribution in [3.05, 3.63) is 34.1 Å². The Hall–Kier alpha value is -1.43. The summed E-state index contributed by atoms with van der Waals surface area (Å²) in [6.45, 7) is -0.160. The lowest BCUT2D eigenvalue weighted by molar-refractivity contribution is -0.127. The third kappa shape index (κ3) is 3.52. The molecule has 0 aliphatic carbocycles. The van der Waals surface area contributed by atoms with Gasteiger partial charge in [0.25, 0.3) is 5.91 Å². The summed E-state index contributed by atoms with van der Waals surface area (Å²) in [6, 6.07) is 4.24. The maximum Gasteiger partial charge on any atom is 0.255 e. The third-order valence-corrected chi connectivity index (χ3v) is 2.75. The number of nitrogens with one attached hydrogen (secondary N) is 1. The van der Waals surface area contributed by atoms with Crippen molar-refractivity contribution in [2.45, 2.75) is 0 Å². The minimum absolute atomic E-state index is 0.0981. The summed E-state index contributed by atoms with van der Waals surface area (Å²) >= 11 is 3.09. The number of benzene rings is 1. The first kappa shape index (κ1) is 13.6. The molecule has 1 N–H and O–H groups in total. The minimum Gasteiger partial charge on any atom is -0.347 e. The number of hydrogen-bond donors (Lipinski definition) is 1. The van der Waals surface area contributed by atoms with Gasteiger partial charge in [-0.25, -0.2) is 4.39 Å². The van der Waals surface area contributed by atoms with E-state index < -0.39 is 11.7 Å². The van der Waals surface area contributed by atoms with Gasteiger partial charge in [0.1, 0.15) is 5.82 Å². The van der Waals surface area contributed by atoms with E-state index in [9.17, 15) is 14.0 Å². The predicted molar refractivity (Wildman–Crippen MR) is 65.1 cm³/mol. The number of likely N-dealkylation sites (N-methyl/N-ethyl adjacent to an activating group) is 1. The van der Waals surface area contributed by atoms with Gasteiger partial charge in [0, 0.05) is 18.6 Å². The third-order valence-electron chi connectivity index (χ3n) is 2.09. The molecule has 0 spiro atoms. The van der Waals surface area contributed by atoms with Crippen molar-refractivity contribution in [1.29, 1.82) is 0 Å². The van der Waals surface area contributed by atoms with Gasteiger partial charge in [-0.3, -0.25) is 9.59 Å². The molecule has 0 aliphatic heterocycles. The summed E-state index contributed by atoms with van der Waals surface area (Å²) in [5, 5.41) is 2.36. The smallest absolute Gasteiger partial charge is 0.255 e. The van der Waals surface area contributed by atoms with Crippen LogP contribution in [0.15, 0.2) is 22.7 Å². The van der Waals surface area contributed by atoms with Crippen LogP contribution in [0, 0.1) is 5.82 Å². The number of hydrogen-bond acceptors (Lipinski definition) is 2. The maximum absolute atomic E-state index is 13.4. The van der Waals surface area contributed by atoms with Crippen molar-refractivity contribution in [2.24, 2.45) is 0 Å². The van der Waals surface area contributed by atoms with Crippen molar-refractivity contribution in [3.8, 4) is 0 Å². The summed E-state index contributed by atoms with van der Waals surface area (Å²) in [4.78, 5) is 24.3. The second-order valence-electron chi connectivity index (χ2n) is 3.57. The van der Waals surface area contributed by atoms with Crippen LogP contribution in [-0.4, -0.2) is 37.4 Å². The van der Waals surface area contributed by atoms with E-state index in [1.54, 1.807) is 20.2 Å². The monoisotopic (exact) mass is 302 g/mol. The number of carbonyl (C=O) groups is 2. The Kier molecular flexibility index (Phi) is 4.62. The second-order valence-corrected chi connectivity index (χ2v) is 4.42. The van der Waals surface area contributed by atoms with E-state index in [0.29, 0.717) is 4.47 Å². The first-order valence-electron chi connectivity index (χ1n) is 4.86. The van der Waals surface area contributed by atoms with E-state index in [-0.39, 0.29) is 18.0 Å². The van der Waals surface area contributed by atoms with E-state index in [1.807, 2.05) is 0 Å². The Morgan fingerprint density at radius 3 is 2.59 bits per heavy atom. The zero-order valence-corrected chi connectivity index (χ0v) is 11.0. The van der Waals surface area contributed by atoms with Gasteiger partial charge >= 0.3 is 0 Å². The minimum atomic E-state index is -0.630. The second kappa shape index (κ2) is 5.77. The van der Waals surface area contributed by atoms with Gasteiger partial charge in [0.05, 0.1) is 12.1 Å². The molecule has 1 aromatic carbocycles. The van der Waals surface area contributed by atoms with Crippen LogP contribution < -0.4 is 5.32 Å². The Morgan fingerprint density at radius 1 is 1.41 bits per heavy atom. The average molecular weight is 303 g/mol. The summed E-state index contributed by atoms with van der Waals surface area (Å²) in [7, 11) is 3.15. The molecule has 0 bridgehead atoms. The lowest BCUT2D eigenvalue weighted by Crippen LogP contribution is -2.36. The predicted octanol–water partition coefficient (Wildman–Crippen LogP) is 1.41. The summed E-state index contributed by atoms with van der Waals surface area (Å²) in [5.41, 5.74) is -0.0981. The Labute approximate surface area is 107 Å². The molecule has 0 atom stereocenters. The number of halogens is 2. The van der Waals surface area contributed by atoms with E-state index in [0.717, 1.165) is 0 Å². The first-order valence-corrected chi connectivity index (χ1v) is 5.65. The Morgan fingerprint density at radius 2 is 2.06 bits per heavy atom. The maximum atomic E-state index is 13.4. The van der Waals surface area contributed by atoms with Crippen LogP contribution in [0.1, 0.15) is 10.4 Å². The molecule has 4 nitrogen and oxygen atoms in total. The fourth-order valence-corrected chi connectivity index (χ4v) is 1.64. The lowest BCUT2D eigenvalue weighted by atomic mass is 10.2. The van der Waals surface area contributed by atoms with Gasteiger partial charge < -0.3 is 10.2 Å². The molecule has 1 aromatic rings. The highest BCUT2D eigenvalue weighted by Crippen LogP contribution is 2.19. The molecule has 92 valence electrons. The van der Waals surface area contributed by atoms with E-state index in [4.69, 9.17) is 0 Å². The molecule has 2 amide bonds. The van der Waals surface area contributed by atoms with Gasteiger partial charge in [0.15, 0.2) is 0 Å². The molecule has 6 heteroatoms. The first-order chi connectivity index (χ1) is 7.93. The molecular formula is C11H12BrFN2O2. The summed E-state index contributed by atoms with van der Waals surface area (Å²) < 4.78 is 13.8. The molecule has 0 unspecified atom stereocenters. The molecule has 0 saturated carbocycles. The fraction of sp³-hybridized carbons (Fsp3) is 0.273. The highest BCUT2D eigenvalue weighted by molar-refractivity contribution is 9.10. The van der Waals surface area contributed by atoms with Crippen molar-refractivity contribution in [2.75, 3.05) is 20.6 Å². The molecule has 0 aliphatic rings. The fourth-order valence-electron chi connectivity index (χ4n) is 1.12. The van der Waals surface area contributed by atoms with Crippen LogP contribution >= 0.6 is 15.9 Å². The van der Waals surface area contributed by atoms with E-state index >= 15 is 0 Å². The Bertz CT molecular complexity index is 429. The zero-order chi connectivity index (χ0) is 13.0. The molecule has 17 heavy (non-hydrogen) atoms. The van der Waals surface area contributed by atoms with Crippen LogP contribution in [0.5, 0.6) is 0 Å². The molecule has 1 rings (SSSR count). The quantitative estimate of drug-likeness (QED) is 0.918.